The first-order valence-corrected chi connectivity index (χ1v) is 5.43. The van der Waals surface area contributed by atoms with Crippen LogP contribution in [0.15, 0.2) is 16.7 Å². The normalized spacial score (nSPS) is 12.0. The highest BCUT2D eigenvalue weighted by molar-refractivity contribution is 5.11. The predicted molar refractivity (Wildman–Crippen MR) is 56.4 cm³/mol. The van der Waals surface area contributed by atoms with Gasteiger partial charge in [0.05, 0.1) is 6.26 Å². The maximum atomic E-state index is 11.8. The average molecular weight is 251 g/mol. The molecule has 0 aliphatic rings. The minimum absolute atomic E-state index is 0.159. The largest absolute Gasteiger partial charge is 0.467 e. The highest BCUT2D eigenvalue weighted by atomic mass is 19.4. The third-order valence-electron chi connectivity index (χ3n) is 1.97. The number of rotatable bonds is 7. The Morgan fingerprint density at radius 3 is 2.82 bits per heavy atom. The highest BCUT2D eigenvalue weighted by Crippen LogP contribution is 2.16. The van der Waals surface area contributed by atoms with E-state index in [0.29, 0.717) is 12.3 Å². The highest BCUT2D eigenvalue weighted by Gasteiger charge is 2.27. The molecule has 1 aromatic rings. The van der Waals surface area contributed by atoms with Gasteiger partial charge < -0.3 is 14.5 Å². The van der Waals surface area contributed by atoms with E-state index >= 15 is 0 Å². The van der Waals surface area contributed by atoms with Crippen molar-refractivity contribution in [3.8, 4) is 0 Å². The van der Waals surface area contributed by atoms with Crippen LogP contribution in [0.1, 0.15) is 24.7 Å². The molecule has 0 spiro atoms. The number of hydrogen-bond donors (Lipinski definition) is 1. The number of nitrogens with one attached hydrogen (secondary N) is 1. The van der Waals surface area contributed by atoms with E-state index in [1.54, 1.807) is 6.07 Å². The molecule has 1 N–H and O–H groups in total. The molecule has 17 heavy (non-hydrogen) atoms. The molecule has 0 amide bonds. The maximum absolute atomic E-state index is 11.8. The van der Waals surface area contributed by atoms with Crippen LogP contribution in [-0.4, -0.2) is 19.3 Å². The Labute approximate surface area is 97.9 Å². The van der Waals surface area contributed by atoms with Gasteiger partial charge in [-0.25, -0.2) is 0 Å². The first kappa shape index (κ1) is 14.1. The predicted octanol–water partition coefficient (Wildman–Crippen LogP) is 2.86. The summed E-state index contributed by atoms with van der Waals surface area (Å²) in [5.74, 6) is 0.405. The van der Waals surface area contributed by atoms with E-state index in [1.807, 2.05) is 0 Å². The second-order valence-electron chi connectivity index (χ2n) is 3.71. The summed E-state index contributed by atoms with van der Waals surface area (Å²) in [5.41, 5.74) is 0.907. The third kappa shape index (κ3) is 6.33. The molecule has 0 radical (unpaired) electrons. The van der Waals surface area contributed by atoms with Crippen molar-refractivity contribution in [2.75, 3.05) is 13.2 Å². The van der Waals surface area contributed by atoms with Gasteiger partial charge in [0.2, 0.25) is 0 Å². The van der Waals surface area contributed by atoms with Gasteiger partial charge >= 0.3 is 6.18 Å². The molecule has 0 aliphatic carbocycles. The first-order valence-electron chi connectivity index (χ1n) is 5.43. The summed E-state index contributed by atoms with van der Waals surface area (Å²) >= 11 is 0. The van der Waals surface area contributed by atoms with Gasteiger partial charge in [-0.05, 0) is 19.0 Å². The van der Waals surface area contributed by atoms with Gasteiger partial charge in [-0.3, -0.25) is 0 Å². The maximum Gasteiger partial charge on any atom is 0.411 e. The van der Waals surface area contributed by atoms with E-state index in [0.717, 1.165) is 18.5 Å². The number of ether oxygens (including phenoxy) is 1. The average Bonchev–Trinajstić information content (AvgIpc) is 2.64. The van der Waals surface area contributed by atoms with Crippen LogP contribution in [0.2, 0.25) is 0 Å². The molecule has 0 unspecified atom stereocenters. The van der Waals surface area contributed by atoms with Crippen molar-refractivity contribution in [3.63, 3.8) is 0 Å². The van der Waals surface area contributed by atoms with Crippen molar-refractivity contribution in [1.82, 2.24) is 5.32 Å². The fourth-order valence-electron chi connectivity index (χ4n) is 1.27. The molecular formula is C11H16F3NO2. The van der Waals surface area contributed by atoms with E-state index in [-0.39, 0.29) is 6.61 Å². The Balaban J connectivity index is 2.26. The van der Waals surface area contributed by atoms with E-state index < -0.39 is 12.8 Å². The molecule has 1 aromatic heterocycles. The van der Waals surface area contributed by atoms with Crippen molar-refractivity contribution in [2.45, 2.75) is 32.7 Å². The fourth-order valence-corrected chi connectivity index (χ4v) is 1.27. The monoisotopic (exact) mass is 251 g/mol. The summed E-state index contributed by atoms with van der Waals surface area (Å²) in [4.78, 5) is 0. The molecule has 6 heteroatoms. The van der Waals surface area contributed by atoms with Crippen LogP contribution in [0.4, 0.5) is 13.2 Å². The van der Waals surface area contributed by atoms with Crippen molar-refractivity contribution in [3.05, 3.63) is 23.7 Å². The lowest BCUT2D eigenvalue weighted by atomic mass is 10.3. The van der Waals surface area contributed by atoms with Crippen LogP contribution in [-0.2, 0) is 17.9 Å². The molecule has 0 saturated heterocycles. The minimum Gasteiger partial charge on any atom is -0.467 e. The van der Waals surface area contributed by atoms with Crippen molar-refractivity contribution < 1.29 is 22.3 Å². The van der Waals surface area contributed by atoms with Crippen molar-refractivity contribution in [2.24, 2.45) is 0 Å². The smallest absolute Gasteiger partial charge is 0.411 e. The van der Waals surface area contributed by atoms with Gasteiger partial charge in [0.1, 0.15) is 19.0 Å². The lowest BCUT2D eigenvalue weighted by Crippen LogP contribution is -2.16. The van der Waals surface area contributed by atoms with Crippen LogP contribution in [0.5, 0.6) is 0 Å². The molecule has 98 valence electrons. The Morgan fingerprint density at radius 1 is 1.41 bits per heavy atom. The van der Waals surface area contributed by atoms with Crippen LogP contribution in [0.3, 0.4) is 0 Å². The van der Waals surface area contributed by atoms with Gasteiger partial charge in [0, 0.05) is 12.1 Å². The minimum atomic E-state index is -4.29. The number of halogens is 3. The second-order valence-corrected chi connectivity index (χ2v) is 3.71. The lowest BCUT2D eigenvalue weighted by Gasteiger charge is -2.05. The van der Waals surface area contributed by atoms with E-state index in [9.17, 15) is 13.2 Å². The zero-order chi connectivity index (χ0) is 12.7. The van der Waals surface area contributed by atoms with Crippen molar-refractivity contribution in [1.29, 1.82) is 0 Å². The number of furan rings is 1. The Hall–Kier alpha value is -1.01. The molecule has 3 nitrogen and oxygen atoms in total. The molecule has 1 heterocycles. The number of hydrogen-bond acceptors (Lipinski definition) is 3. The zero-order valence-corrected chi connectivity index (χ0v) is 9.64. The van der Waals surface area contributed by atoms with Gasteiger partial charge in [-0.1, -0.05) is 6.92 Å². The summed E-state index contributed by atoms with van der Waals surface area (Å²) in [5, 5.41) is 3.16. The van der Waals surface area contributed by atoms with Gasteiger partial charge in [-0.2, -0.15) is 13.2 Å². The molecule has 1 rings (SSSR count). The Morgan fingerprint density at radius 2 is 2.18 bits per heavy atom. The zero-order valence-electron chi connectivity index (χ0n) is 9.64. The summed E-state index contributed by atoms with van der Waals surface area (Å²) in [6.07, 6.45) is -1.74. The third-order valence-corrected chi connectivity index (χ3v) is 1.97. The summed E-state index contributed by atoms with van der Waals surface area (Å²) < 4.78 is 45.0. The molecule has 0 atom stereocenters. The van der Waals surface area contributed by atoms with E-state index in [2.05, 4.69) is 17.0 Å². The lowest BCUT2D eigenvalue weighted by molar-refractivity contribution is -0.177. The quantitative estimate of drug-likeness (QED) is 0.757. The molecule has 0 saturated carbocycles. The van der Waals surface area contributed by atoms with Crippen LogP contribution in [0.25, 0.3) is 0 Å². The molecule has 0 aromatic carbocycles. The molecule has 0 fully saturated rings. The molecular weight excluding hydrogens is 235 g/mol. The first-order chi connectivity index (χ1) is 8.01. The van der Waals surface area contributed by atoms with Crippen LogP contribution < -0.4 is 5.32 Å². The van der Waals surface area contributed by atoms with Gasteiger partial charge in [-0.15, -0.1) is 0 Å². The Kier molecular flexibility index (Phi) is 5.50. The van der Waals surface area contributed by atoms with E-state index in [4.69, 9.17) is 4.42 Å². The second kappa shape index (κ2) is 6.66. The molecule has 0 bridgehead atoms. The van der Waals surface area contributed by atoms with Crippen LogP contribution >= 0.6 is 0 Å². The fraction of sp³-hybridized carbons (Fsp3) is 0.636. The summed E-state index contributed by atoms with van der Waals surface area (Å²) in [6.45, 7) is 2.19. The van der Waals surface area contributed by atoms with Gasteiger partial charge in [0.15, 0.2) is 0 Å². The standard InChI is InChI=1S/C11H16F3NO2/c1-2-3-15-5-9-4-10(17-6-9)7-16-8-11(12,13)14/h4,6,15H,2-3,5,7-8H2,1H3. The SMILES string of the molecule is CCCNCc1coc(COCC(F)(F)F)c1. The van der Waals surface area contributed by atoms with Gasteiger partial charge in [0.25, 0.3) is 0 Å². The number of alkyl halides is 3. The topological polar surface area (TPSA) is 34.4 Å². The van der Waals surface area contributed by atoms with E-state index in [1.165, 1.54) is 6.26 Å². The van der Waals surface area contributed by atoms with Crippen molar-refractivity contribution >= 4 is 0 Å². The summed E-state index contributed by atoms with van der Waals surface area (Å²) in [6, 6.07) is 1.69. The molecule has 0 aliphatic heterocycles. The summed E-state index contributed by atoms with van der Waals surface area (Å²) in [7, 11) is 0. The van der Waals surface area contributed by atoms with Crippen LogP contribution in [0, 0.1) is 0 Å². The Bertz CT molecular complexity index is 323.